The largest absolute Gasteiger partial charge is 0.352 e. The number of aromatic nitrogens is 1. The van der Waals surface area contributed by atoms with Crippen LogP contribution in [0.1, 0.15) is 36.7 Å². The first-order valence-electron chi connectivity index (χ1n) is 8.68. The predicted octanol–water partition coefficient (Wildman–Crippen LogP) is 2.34. The first-order valence-corrected chi connectivity index (χ1v) is 8.68. The highest BCUT2D eigenvalue weighted by Gasteiger charge is 2.37. The summed E-state index contributed by atoms with van der Waals surface area (Å²) in [4.78, 5) is 42.4. The highest BCUT2D eigenvalue weighted by molar-refractivity contribution is 6.11. The molecule has 1 aromatic heterocycles. The molecule has 2 heterocycles. The Labute approximate surface area is 157 Å². The molecule has 1 aliphatic heterocycles. The molecule has 0 saturated heterocycles. The number of hydrogen-bond donors (Lipinski definition) is 2. The van der Waals surface area contributed by atoms with Crippen molar-refractivity contribution in [1.29, 1.82) is 0 Å². The van der Waals surface area contributed by atoms with Crippen LogP contribution in [0.3, 0.4) is 0 Å². The monoisotopic (exact) mass is 366 g/mol. The molecule has 27 heavy (non-hydrogen) atoms. The van der Waals surface area contributed by atoms with Crippen LogP contribution in [0.15, 0.2) is 42.7 Å². The second kappa shape index (κ2) is 7.19. The summed E-state index contributed by atoms with van der Waals surface area (Å²) in [7, 11) is 0. The molecule has 0 fully saturated rings. The third kappa shape index (κ3) is 3.97. The van der Waals surface area contributed by atoms with E-state index in [2.05, 4.69) is 15.6 Å². The van der Waals surface area contributed by atoms with E-state index in [1.165, 1.54) is 6.92 Å². The van der Waals surface area contributed by atoms with Gasteiger partial charge >= 0.3 is 0 Å². The predicted molar refractivity (Wildman–Crippen MR) is 102 cm³/mol. The quantitative estimate of drug-likeness (QED) is 0.872. The van der Waals surface area contributed by atoms with Crippen molar-refractivity contribution < 1.29 is 14.4 Å². The maximum Gasteiger partial charge on any atom is 0.258 e. The van der Waals surface area contributed by atoms with Crippen LogP contribution in [0.25, 0.3) is 0 Å². The van der Waals surface area contributed by atoms with Gasteiger partial charge in [-0.25, -0.2) is 0 Å². The van der Waals surface area contributed by atoms with Gasteiger partial charge in [-0.2, -0.15) is 0 Å². The van der Waals surface area contributed by atoms with Crippen molar-refractivity contribution in [2.45, 2.75) is 27.3 Å². The zero-order valence-corrected chi connectivity index (χ0v) is 15.6. The van der Waals surface area contributed by atoms with Crippen LogP contribution in [0, 0.1) is 5.41 Å². The number of anilines is 2. The lowest BCUT2D eigenvalue weighted by Gasteiger charge is -2.28. The van der Waals surface area contributed by atoms with Crippen LogP contribution in [0.5, 0.6) is 0 Å². The van der Waals surface area contributed by atoms with E-state index in [9.17, 15) is 14.4 Å². The van der Waals surface area contributed by atoms with Crippen molar-refractivity contribution in [2.24, 2.45) is 5.41 Å². The fourth-order valence-corrected chi connectivity index (χ4v) is 2.88. The molecular formula is C20H22N4O3. The Bertz CT molecular complexity index is 890. The topological polar surface area (TPSA) is 91.4 Å². The number of hydrogen-bond acceptors (Lipinski definition) is 4. The van der Waals surface area contributed by atoms with Gasteiger partial charge in [0.2, 0.25) is 11.8 Å². The summed E-state index contributed by atoms with van der Waals surface area (Å²) >= 11 is 0. The molecule has 1 aromatic carbocycles. The molecule has 0 radical (unpaired) electrons. The van der Waals surface area contributed by atoms with E-state index in [1.54, 1.807) is 61.5 Å². The molecule has 0 bridgehead atoms. The lowest BCUT2D eigenvalue weighted by Crippen LogP contribution is -2.42. The SMILES string of the molecule is CC(=O)NCc1ccc(C(=O)N2CC(C)(C)C(=O)Nc3ccncc32)cc1. The van der Waals surface area contributed by atoms with E-state index in [4.69, 9.17) is 0 Å². The number of carbonyl (C=O) groups is 3. The first-order chi connectivity index (χ1) is 12.8. The molecule has 0 atom stereocenters. The molecule has 7 nitrogen and oxygen atoms in total. The third-order valence-corrected chi connectivity index (χ3v) is 4.49. The Morgan fingerprint density at radius 3 is 2.59 bits per heavy atom. The Balaban J connectivity index is 1.90. The van der Waals surface area contributed by atoms with Gasteiger partial charge in [-0.05, 0) is 37.6 Å². The van der Waals surface area contributed by atoms with Gasteiger partial charge in [-0.15, -0.1) is 0 Å². The van der Waals surface area contributed by atoms with Gasteiger partial charge < -0.3 is 15.5 Å². The van der Waals surface area contributed by atoms with Gasteiger partial charge in [0.15, 0.2) is 0 Å². The number of nitrogens with one attached hydrogen (secondary N) is 2. The van der Waals surface area contributed by atoms with E-state index in [-0.39, 0.29) is 24.3 Å². The minimum Gasteiger partial charge on any atom is -0.352 e. The van der Waals surface area contributed by atoms with Crippen molar-refractivity contribution in [3.63, 3.8) is 0 Å². The zero-order chi connectivity index (χ0) is 19.6. The van der Waals surface area contributed by atoms with Gasteiger partial charge in [-0.1, -0.05) is 12.1 Å². The number of pyridine rings is 1. The maximum absolute atomic E-state index is 13.2. The van der Waals surface area contributed by atoms with Crippen molar-refractivity contribution in [3.8, 4) is 0 Å². The average Bonchev–Trinajstić information content (AvgIpc) is 2.74. The zero-order valence-electron chi connectivity index (χ0n) is 15.6. The Hall–Kier alpha value is -3.22. The Kier molecular flexibility index (Phi) is 4.94. The summed E-state index contributed by atoms with van der Waals surface area (Å²) in [6, 6.07) is 8.75. The summed E-state index contributed by atoms with van der Waals surface area (Å²) in [6.07, 6.45) is 3.16. The Morgan fingerprint density at radius 1 is 1.22 bits per heavy atom. The number of amides is 3. The lowest BCUT2D eigenvalue weighted by atomic mass is 9.91. The van der Waals surface area contributed by atoms with Crippen LogP contribution in [0.4, 0.5) is 11.4 Å². The van der Waals surface area contributed by atoms with Crippen molar-refractivity contribution in [1.82, 2.24) is 10.3 Å². The molecule has 0 spiro atoms. The summed E-state index contributed by atoms with van der Waals surface area (Å²) < 4.78 is 0. The van der Waals surface area contributed by atoms with Crippen LogP contribution in [-0.2, 0) is 16.1 Å². The van der Waals surface area contributed by atoms with Gasteiger partial charge in [0, 0.05) is 31.8 Å². The minimum absolute atomic E-state index is 0.108. The molecule has 2 N–H and O–H groups in total. The third-order valence-electron chi connectivity index (χ3n) is 4.49. The van der Waals surface area contributed by atoms with E-state index in [1.807, 2.05) is 0 Å². The molecule has 3 rings (SSSR count). The van der Waals surface area contributed by atoms with Gasteiger partial charge in [0.05, 0.1) is 23.0 Å². The number of carbonyl (C=O) groups excluding carboxylic acids is 3. The van der Waals surface area contributed by atoms with Gasteiger partial charge in [0.25, 0.3) is 5.91 Å². The minimum atomic E-state index is -0.750. The standard InChI is InChI=1S/C20H22N4O3/c1-13(25)22-10-14-4-6-15(7-5-14)18(26)24-12-20(2,3)19(27)23-16-8-9-21-11-17(16)24/h4-9,11H,10,12H2,1-3H3,(H,22,25)(H,23,27). The number of fused-ring (bicyclic) bond motifs is 1. The molecule has 0 saturated carbocycles. The fraction of sp³-hybridized carbons (Fsp3) is 0.300. The van der Waals surface area contributed by atoms with Crippen LogP contribution in [-0.4, -0.2) is 29.3 Å². The van der Waals surface area contributed by atoms with Crippen LogP contribution < -0.4 is 15.5 Å². The highest BCUT2D eigenvalue weighted by Crippen LogP contribution is 2.34. The molecule has 0 aliphatic carbocycles. The number of nitrogens with zero attached hydrogens (tertiary/aromatic N) is 2. The molecule has 2 aromatic rings. The summed E-state index contributed by atoms with van der Waals surface area (Å²) in [5, 5.41) is 5.59. The second-order valence-electron chi connectivity index (χ2n) is 7.23. The summed E-state index contributed by atoms with van der Waals surface area (Å²) in [5.41, 5.74) is 1.79. The number of rotatable bonds is 3. The molecule has 3 amide bonds. The van der Waals surface area contributed by atoms with Crippen molar-refractivity contribution >= 4 is 29.1 Å². The van der Waals surface area contributed by atoms with Gasteiger partial charge in [-0.3, -0.25) is 19.4 Å². The first kappa shape index (κ1) is 18.6. The fourth-order valence-electron chi connectivity index (χ4n) is 2.88. The van der Waals surface area contributed by atoms with Gasteiger partial charge in [0.1, 0.15) is 0 Å². The van der Waals surface area contributed by atoms with E-state index >= 15 is 0 Å². The number of benzene rings is 1. The van der Waals surface area contributed by atoms with Crippen LogP contribution in [0.2, 0.25) is 0 Å². The van der Waals surface area contributed by atoms with E-state index in [0.717, 1.165) is 5.56 Å². The van der Waals surface area contributed by atoms with E-state index in [0.29, 0.717) is 23.5 Å². The van der Waals surface area contributed by atoms with Crippen LogP contribution >= 0.6 is 0 Å². The normalized spacial score (nSPS) is 15.4. The average molecular weight is 366 g/mol. The lowest BCUT2D eigenvalue weighted by molar-refractivity contribution is -0.123. The summed E-state index contributed by atoms with van der Waals surface area (Å²) in [6.45, 7) is 5.71. The second-order valence-corrected chi connectivity index (χ2v) is 7.23. The Morgan fingerprint density at radius 2 is 1.93 bits per heavy atom. The highest BCUT2D eigenvalue weighted by atomic mass is 16.2. The molecule has 1 aliphatic rings. The molecule has 0 unspecified atom stereocenters. The van der Waals surface area contributed by atoms with Crippen molar-refractivity contribution in [3.05, 3.63) is 53.9 Å². The smallest absolute Gasteiger partial charge is 0.258 e. The maximum atomic E-state index is 13.2. The summed E-state index contributed by atoms with van der Waals surface area (Å²) in [5.74, 6) is -0.459. The molecule has 7 heteroatoms. The molecule has 140 valence electrons. The van der Waals surface area contributed by atoms with E-state index < -0.39 is 5.41 Å². The molecular weight excluding hydrogens is 344 g/mol. The van der Waals surface area contributed by atoms with Crippen molar-refractivity contribution in [2.75, 3.05) is 16.8 Å².